The highest BCUT2D eigenvalue weighted by Gasteiger charge is 2.44. The van der Waals surface area contributed by atoms with Gasteiger partial charge in [0, 0.05) is 17.0 Å². The van der Waals surface area contributed by atoms with Gasteiger partial charge in [0.05, 0.1) is 19.1 Å². The number of rotatable bonds is 7. The van der Waals surface area contributed by atoms with Crippen LogP contribution in [0.25, 0.3) is 0 Å². The van der Waals surface area contributed by atoms with E-state index in [9.17, 15) is 13.2 Å². The van der Waals surface area contributed by atoms with E-state index in [0.717, 1.165) is 9.20 Å². The summed E-state index contributed by atoms with van der Waals surface area (Å²) in [4.78, 5) is 13.6. The maximum absolute atomic E-state index is 12.9. The van der Waals surface area contributed by atoms with Crippen molar-refractivity contribution in [3.63, 3.8) is 0 Å². The summed E-state index contributed by atoms with van der Waals surface area (Å²) in [5.74, 6) is 0.0165. The molecule has 0 aliphatic carbocycles. The molecule has 0 fully saturated rings. The van der Waals surface area contributed by atoms with Gasteiger partial charge in [-0.1, -0.05) is 18.2 Å². The maximum atomic E-state index is 12.9. The quantitative estimate of drug-likeness (QED) is 0.672. The van der Waals surface area contributed by atoms with Crippen molar-refractivity contribution in [1.29, 1.82) is 0 Å². The van der Waals surface area contributed by atoms with Gasteiger partial charge in [-0.3, -0.25) is 4.79 Å². The molecule has 1 aliphatic rings. The van der Waals surface area contributed by atoms with Gasteiger partial charge in [-0.05, 0) is 26.0 Å². The molecular formula is C18H19NO5S2. The van der Waals surface area contributed by atoms with Crippen molar-refractivity contribution in [3.05, 3.63) is 48.0 Å². The van der Waals surface area contributed by atoms with Gasteiger partial charge in [-0.15, -0.1) is 11.8 Å². The summed E-state index contributed by atoms with van der Waals surface area (Å²) < 4.78 is 37.6. The molecule has 0 unspecified atom stereocenters. The summed E-state index contributed by atoms with van der Waals surface area (Å²) in [5, 5.41) is 0. The summed E-state index contributed by atoms with van der Waals surface area (Å²) in [6.45, 7) is 4.27. The van der Waals surface area contributed by atoms with Crippen LogP contribution in [0.4, 0.5) is 0 Å². The number of hydrogen-bond acceptors (Lipinski definition) is 6. The molecule has 0 saturated heterocycles. The van der Waals surface area contributed by atoms with Crippen LogP contribution in [0, 0.1) is 0 Å². The smallest absolute Gasteiger partial charge is 0.273 e. The first-order valence-corrected chi connectivity index (χ1v) is 10.6. The first kappa shape index (κ1) is 18.6. The molecule has 0 aromatic heterocycles. The van der Waals surface area contributed by atoms with Crippen LogP contribution in [0.5, 0.6) is 11.5 Å². The molecule has 0 spiro atoms. The molecular weight excluding hydrogens is 374 g/mol. The minimum Gasteiger partial charge on any atom is -0.494 e. The zero-order chi connectivity index (χ0) is 18.7. The van der Waals surface area contributed by atoms with E-state index in [1.54, 1.807) is 19.9 Å². The topological polar surface area (TPSA) is 72.9 Å². The Morgan fingerprint density at radius 1 is 1.04 bits per heavy atom. The zero-order valence-corrected chi connectivity index (χ0v) is 16.1. The molecule has 138 valence electrons. The van der Waals surface area contributed by atoms with E-state index in [0.29, 0.717) is 19.0 Å². The van der Waals surface area contributed by atoms with Gasteiger partial charge in [0.2, 0.25) is 0 Å². The highest BCUT2D eigenvalue weighted by atomic mass is 32.2. The average Bonchev–Trinajstić information content (AvgIpc) is 2.81. The number of amides is 1. The number of ether oxygens (including phenoxy) is 2. The van der Waals surface area contributed by atoms with E-state index in [1.165, 1.54) is 17.8 Å². The Kier molecular flexibility index (Phi) is 5.43. The SMILES string of the molecule is CCOc1cc(OCC)c2c(c1)S(=O)(=O)N(CSc1ccccc1)C2=O. The lowest BCUT2D eigenvalue weighted by atomic mass is 10.1. The number of hydrogen-bond donors (Lipinski definition) is 0. The van der Waals surface area contributed by atoms with Crippen LogP contribution in [0.1, 0.15) is 24.2 Å². The summed E-state index contributed by atoms with van der Waals surface area (Å²) in [7, 11) is -3.94. The Morgan fingerprint density at radius 2 is 1.73 bits per heavy atom. The van der Waals surface area contributed by atoms with Gasteiger partial charge >= 0.3 is 0 Å². The van der Waals surface area contributed by atoms with Crippen LogP contribution in [0.3, 0.4) is 0 Å². The van der Waals surface area contributed by atoms with Crippen molar-refractivity contribution in [1.82, 2.24) is 4.31 Å². The lowest BCUT2D eigenvalue weighted by Gasteiger charge is -2.14. The monoisotopic (exact) mass is 393 g/mol. The van der Waals surface area contributed by atoms with Gasteiger partial charge in [0.25, 0.3) is 15.9 Å². The second-order valence-electron chi connectivity index (χ2n) is 5.41. The normalized spacial score (nSPS) is 15.0. The molecule has 0 N–H and O–H groups in total. The first-order valence-electron chi connectivity index (χ1n) is 8.17. The Hall–Kier alpha value is -2.19. The molecule has 3 rings (SSSR count). The Morgan fingerprint density at radius 3 is 2.38 bits per heavy atom. The molecule has 0 bridgehead atoms. The van der Waals surface area contributed by atoms with Crippen LogP contribution in [-0.2, 0) is 10.0 Å². The van der Waals surface area contributed by atoms with E-state index in [4.69, 9.17) is 9.47 Å². The number of nitrogens with zero attached hydrogens (tertiary/aromatic N) is 1. The molecule has 1 aliphatic heterocycles. The van der Waals surface area contributed by atoms with Gasteiger partial charge < -0.3 is 9.47 Å². The minimum atomic E-state index is -3.94. The van der Waals surface area contributed by atoms with E-state index in [1.807, 2.05) is 30.3 Å². The van der Waals surface area contributed by atoms with Crippen molar-refractivity contribution in [2.24, 2.45) is 0 Å². The van der Waals surface area contributed by atoms with Crippen molar-refractivity contribution in [2.75, 3.05) is 19.1 Å². The van der Waals surface area contributed by atoms with Gasteiger partial charge in [0.1, 0.15) is 22.0 Å². The third kappa shape index (κ3) is 3.39. The number of thioether (sulfide) groups is 1. The standard InChI is InChI=1S/C18H19NO5S2/c1-3-23-13-10-15(24-4-2)17-16(11-13)26(21,22)19(18(17)20)12-25-14-8-6-5-7-9-14/h5-11H,3-4,12H2,1-2H3. The number of fused-ring (bicyclic) bond motifs is 1. The molecule has 6 nitrogen and oxygen atoms in total. The van der Waals surface area contributed by atoms with E-state index >= 15 is 0 Å². The first-order chi connectivity index (χ1) is 12.5. The predicted octanol–water partition coefficient (Wildman–Crippen LogP) is 3.38. The van der Waals surface area contributed by atoms with Gasteiger partial charge in [0.15, 0.2) is 0 Å². The van der Waals surface area contributed by atoms with E-state index in [2.05, 4.69) is 0 Å². The summed E-state index contributed by atoms with van der Waals surface area (Å²) in [6.07, 6.45) is 0. The molecule has 0 saturated carbocycles. The number of carbonyl (C=O) groups excluding carboxylic acids is 1. The summed E-state index contributed by atoms with van der Waals surface area (Å²) in [5.41, 5.74) is 0.0731. The largest absolute Gasteiger partial charge is 0.494 e. The Balaban J connectivity index is 1.97. The van der Waals surface area contributed by atoms with Crippen LogP contribution in [0.15, 0.2) is 52.3 Å². The van der Waals surface area contributed by atoms with E-state index < -0.39 is 15.9 Å². The summed E-state index contributed by atoms with van der Waals surface area (Å²) >= 11 is 1.28. The van der Waals surface area contributed by atoms with Gasteiger partial charge in [-0.2, -0.15) is 0 Å². The lowest BCUT2D eigenvalue weighted by Crippen LogP contribution is -2.29. The van der Waals surface area contributed by atoms with Crippen LogP contribution in [-0.4, -0.2) is 37.7 Å². The molecule has 1 heterocycles. The molecule has 0 radical (unpaired) electrons. The average molecular weight is 393 g/mol. The Labute approximate surface area is 157 Å². The minimum absolute atomic E-state index is 0.00457. The van der Waals surface area contributed by atoms with Crippen molar-refractivity contribution in [3.8, 4) is 11.5 Å². The van der Waals surface area contributed by atoms with E-state index in [-0.39, 0.29) is 22.1 Å². The third-order valence-corrected chi connectivity index (χ3v) is 6.66. The molecule has 1 amide bonds. The number of carbonyl (C=O) groups is 1. The van der Waals surface area contributed by atoms with Crippen molar-refractivity contribution < 1.29 is 22.7 Å². The van der Waals surface area contributed by atoms with Crippen molar-refractivity contribution >= 4 is 27.7 Å². The maximum Gasteiger partial charge on any atom is 0.273 e. The fourth-order valence-electron chi connectivity index (χ4n) is 2.63. The third-order valence-electron chi connectivity index (χ3n) is 3.75. The van der Waals surface area contributed by atoms with Crippen LogP contribution in [0.2, 0.25) is 0 Å². The number of sulfonamides is 1. The number of benzene rings is 2. The van der Waals surface area contributed by atoms with Crippen LogP contribution >= 0.6 is 11.8 Å². The van der Waals surface area contributed by atoms with Crippen LogP contribution < -0.4 is 9.47 Å². The highest BCUT2D eigenvalue weighted by molar-refractivity contribution is 8.00. The fourth-order valence-corrected chi connectivity index (χ4v) is 5.33. The zero-order valence-electron chi connectivity index (χ0n) is 14.5. The molecule has 2 aromatic rings. The second kappa shape index (κ2) is 7.59. The fraction of sp³-hybridized carbons (Fsp3) is 0.278. The molecule has 0 atom stereocenters. The predicted molar refractivity (Wildman–Crippen MR) is 99.3 cm³/mol. The molecule has 2 aromatic carbocycles. The molecule has 8 heteroatoms. The van der Waals surface area contributed by atoms with Crippen molar-refractivity contribution in [2.45, 2.75) is 23.6 Å². The Bertz CT molecular complexity index is 913. The van der Waals surface area contributed by atoms with Gasteiger partial charge in [-0.25, -0.2) is 12.7 Å². The summed E-state index contributed by atoms with van der Waals surface area (Å²) in [6, 6.07) is 12.3. The second-order valence-corrected chi connectivity index (χ2v) is 8.25. The highest BCUT2D eigenvalue weighted by Crippen LogP contribution is 2.40. The lowest BCUT2D eigenvalue weighted by molar-refractivity contribution is 0.0883. The molecule has 26 heavy (non-hydrogen) atoms.